The minimum absolute atomic E-state index is 0.143. The summed E-state index contributed by atoms with van der Waals surface area (Å²) in [5.74, 6) is -1.09. The second-order valence-corrected chi connectivity index (χ2v) is 7.19. The maximum Gasteiger partial charge on any atom is 0.168 e. The molecule has 1 aromatic carbocycles. The van der Waals surface area contributed by atoms with Gasteiger partial charge in [0.25, 0.3) is 0 Å². The van der Waals surface area contributed by atoms with Crippen molar-refractivity contribution in [2.75, 3.05) is 29.4 Å². The molecule has 2 aromatic heterocycles. The highest BCUT2D eigenvalue weighted by molar-refractivity contribution is 6.38. The van der Waals surface area contributed by atoms with Crippen molar-refractivity contribution in [3.05, 3.63) is 41.8 Å². The Bertz CT molecular complexity index is 1050. The molecule has 1 aliphatic heterocycles. The van der Waals surface area contributed by atoms with E-state index in [1.54, 1.807) is 0 Å². The molecule has 1 spiro atoms. The van der Waals surface area contributed by atoms with Gasteiger partial charge in [0.05, 0.1) is 22.6 Å². The summed E-state index contributed by atoms with van der Waals surface area (Å²) >= 11 is 0. The summed E-state index contributed by atoms with van der Waals surface area (Å²) in [6.45, 7) is 1.50. The molecule has 5 nitrogen and oxygen atoms in total. The molecule has 2 fully saturated rings. The smallest absolute Gasteiger partial charge is 0.168 e. The van der Waals surface area contributed by atoms with E-state index in [0.29, 0.717) is 41.8 Å². The maximum atomic E-state index is 14.5. The van der Waals surface area contributed by atoms with E-state index in [-0.39, 0.29) is 17.2 Å². The first-order chi connectivity index (χ1) is 13.0. The van der Waals surface area contributed by atoms with E-state index < -0.39 is 11.6 Å². The number of hydrogen-bond acceptors (Lipinski definition) is 4. The van der Waals surface area contributed by atoms with Crippen molar-refractivity contribution in [2.24, 2.45) is 0 Å². The Balaban J connectivity index is 1.50. The highest BCUT2D eigenvalue weighted by atomic mass is 19.1. The van der Waals surface area contributed by atoms with Gasteiger partial charge < -0.3 is 9.80 Å². The molecule has 0 unspecified atom stereocenters. The van der Waals surface area contributed by atoms with Crippen LogP contribution < -0.4 is 15.3 Å². The van der Waals surface area contributed by atoms with Crippen LogP contribution >= 0.6 is 0 Å². The molecule has 0 amide bonds. The average molecular weight is 369 g/mol. The van der Waals surface area contributed by atoms with Crippen molar-refractivity contribution in [3.8, 4) is 0 Å². The minimum atomic E-state index is -0.702. The Morgan fingerprint density at radius 1 is 1.07 bits per heavy atom. The summed E-state index contributed by atoms with van der Waals surface area (Å²) in [6.07, 6.45) is 2.78. The number of nitrogens with zero attached hydrogens (tertiary/aromatic N) is 4. The number of pyridine rings is 1. The number of anilines is 2. The third-order valence-corrected chi connectivity index (χ3v) is 5.51. The lowest BCUT2D eigenvalue weighted by Gasteiger charge is -2.43. The maximum absolute atomic E-state index is 14.5. The lowest BCUT2D eigenvalue weighted by atomic mass is 9.93. The number of H-pyrrole nitrogens is 1. The van der Waals surface area contributed by atoms with E-state index in [4.69, 9.17) is 7.85 Å². The van der Waals surface area contributed by atoms with Gasteiger partial charge in [-0.25, -0.2) is 18.2 Å². The summed E-state index contributed by atoms with van der Waals surface area (Å²) in [5.41, 5.74) is 0.653. The molecular weight excluding hydrogens is 354 g/mol. The fourth-order valence-electron chi connectivity index (χ4n) is 3.99. The standard InChI is InChI=1S/C18H15BF3N5/c19-11-1-2-12(21)14-15(11)24-25-17(14)27-6-5-26(9-18(27)3-4-18)16-13(22)7-10(20)8-23-16/h1-2,7-8H,3-6,9H2,(H,24,25). The Morgan fingerprint density at radius 3 is 2.63 bits per heavy atom. The summed E-state index contributed by atoms with van der Waals surface area (Å²) in [5, 5.41) is 7.54. The summed E-state index contributed by atoms with van der Waals surface area (Å²) in [7, 11) is 5.93. The summed E-state index contributed by atoms with van der Waals surface area (Å²) in [4.78, 5) is 7.81. The van der Waals surface area contributed by atoms with E-state index in [9.17, 15) is 13.2 Å². The van der Waals surface area contributed by atoms with Crippen LogP contribution in [0, 0.1) is 17.5 Å². The van der Waals surface area contributed by atoms with Crippen LogP contribution in [0.5, 0.6) is 0 Å². The van der Waals surface area contributed by atoms with Gasteiger partial charge in [0.1, 0.15) is 19.5 Å². The Labute approximate surface area is 154 Å². The van der Waals surface area contributed by atoms with E-state index >= 15 is 0 Å². The summed E-state index contributed by atoms with van der Waals surface area (Å²) in [6, 6.07) is 3.69. The van der Waals surface area contributed by atoms with Crippen LogP contribution in [0.4, 0.5) is 24.8 Å². The van der Waals surface area contributed by atoms with Crippen molar-refractivity contribution in [3.63, 3.8) is 0 Å². The van der Waals surface area contributed by atoms with Crippen LogP contribution in [0.3, 0.4) is 0 Å². The quantitative estimate of drug-likeness (QED) is 0.703. The van der Waals surface area contributed by atoms with Crippen LogP contribution in [0.25, 0.3) is 10.9 Å². The highest BCUT2D eigenvalue weighted by Crippen LogP contribution is 2.48. The van der Waals surface area contributed by atoms with Crippen molar-refractivity contribution in [1.82, 2.24) is 15.2 Å². The van der Waals surface area contributed by atoms with Crippen LogP contribution in [0.15, 0.2) is 24.4 Å². The van der Waals surface area contributed by atoms with Gasteiger partial charge in [-0.2, -0.15) is 5.10 Å². The average Bonchev–Trinajstić information content (AvgIpc) is 3.24. The number of aromatic nitrogens is 3. The minimum Gasteiger partial charge on any atom is -0.350 e. The molecule has 1 saturated carbocycles. The lowest BCUT2D eigenvalue weighted by Crippen LogP contribution is -2.56. The number of piperazine rings is 1. The molecule has 136 valence electrons. The molecule has 1 N–H and O–H groups in total. The van der Waals surface area contributed by atoms with Gasteiger partial charge in [-0.15, -0.1) is 0 Å². The Hall–Kier alpha value is -2.71. The third kappa shape index (κ3) is 2.48. The lowest BCUT2D eigenvalue weighted by molar-refractivity contribution is 0.490. The van der Waals surface area contributed by atoms with E-state index in [2.05, 4.69) is 20.1 Å². The molecule has 3 heterocycles. The largest absolute Gasteiger partial charge is 0.350 e. The highest BCUT2D eigenvalue weighted by Gasteiger charge is 2.53. The van der Waals surface area contributed by atoms with Gasteiger partial charge in [0.2, 0.25) is 0 Å². The first-order valence-electron chi connectivity index (χ1n) is 8.74. The Kier molecular flexibility index (Phi) is 3.44. The zero-order valence-corrected chi connectivity index (χ0v) is 14.3. The topological polar surface area (TPSA) is 48.1 Å². The molecule has 1 aliphatic carbocycles. The zero-order valence-electron chi connectivity index (χ0n) is 14.3. The molecule has 9 heteroatoms. The number of benzene rings is 1. The molecule has 0 bridgehead atoms. The van der Waals surface area contributed by atoms with Crippen LogP contribution in [-0.4, -0.2) is 48.2 Å². The van der Waals surface area contributed by atoms with E-state index in [1.807, 2.05) is 4.90 Å². The second-order valence-electron chi connectivity index (χ2n) is 7.19. The molecule has 1 saturated heterocycles. The fourth-order valence-corrected chi connectivity index (χ4v) is 3.99. The SMILES string of the molecule is [B]c1ccc(F)c2c(N3CCN(c4ncc(F)cc4F)CC34CC4)n[nH]c12. The number of aromatic amines is 1. The Morgan fingerprint density at radius 2 is 1.89 bits per heavy atom. The van der Waals surface area contributed by atoms with Crippen molar-refractivity contribution < 1.29 is 13.2 Å². The number of nitrogens with one attached hydrogen (secondary N) is 1. The molecule has 27 heavy (non-hydrogen) atoms. The van der Waals surface area contributed by atoms with E-state index in [0.717, 1.165) is 25.1 Å². The first kappa shape index (κ1) is 16.5. The van der Waals surface area contributed by atoms with Gasteiger partial charge in [-0.1, -0.05) is 11.5 Å². The molecule has 0 atom stereocenters. The number of rotatable bonds is 2. The van der Waals surface area contributed by atoms with Gasteiger partial charge in [0, 0.05) is 25.7 Å². The zero-order chi connectivity index (χ0) is 18.8. The monoisotopic (exact) mass is 369 g/mol. The normalized spacial score (nSPS) is 18.5. The number of hydrogen-bond donors (Lipinski definition) is 1. The van der Waals surface area contributed by atoms with Crippen molar-refractivity contribution in [2.45, 2.75) is 18.4 Å². The molecule has 2 aliphatic rings. The van der Waals surface area contributed by atoms with Crippen LogP contribution in [-0.2, 0) is 0 Å². The molecule has 5 rings (SSSR count). The van der Waals surface area contributed by atoms with Gasteiger partial charge in [-0.05, 0) is 18.9 Å². The van der Waals surface area contributed by atoms with Gasteiger partial charge in [-0.3, -0.25) is 5.10 Å². The number of halogens is 3. The molecule has 2 radical (unpaired) electrons. The third-order valence-electron chi connectivity index (χ3n) is 5.51. The van der Waals surface area contributed by atoms with Crippen LogP contribution in [0.1, 0.15) is 12.8 Å². The summed E-state index contributed by atoms with van der Waals surface area (Å²) < 4.78 is 41.8. The fraction of sp³-hybridized carbons (Fsp3) is 0.333. The molecule has 3 aromatic rings. The van der Waals surface area contributed by atoms with Crippen molar-refractivity contribution in [1.29, 1.82) is 0 Å². The van der Waals surface area contributed by atoms with Gasteiger partial charge in [0.15, 0.2) is 17.5 Å². The molecular formula is C18H15BF3N5. The second kappa shape index (κ2) is 5.64. The predicted octanol–water partition coefficient (Wildman–Crippen LogP) is 2.03. The first-order valence-corrected chi connectivity index (χ1v) is 8.74. The van der Waals surface area contributed by atoms with Crippen LogP contribution in [0.2, 0.25) is 0 Å². The van der Waals surface area contributed by atoms with Gasteiger partial charge >= 0.3 is 0 Å². The predicted molar refractivity (Wildman–Crippen MR) is 97.1 cm³/mol. The van der Waals surface area contributed by atoms with Crippen molar-refractivity contribution >= 4 is 35.8 Å². The number of fused-ring (bicyclic) bond motifs is 1. The van der Waals surface area contributed by atoms with E-state index in [1.165, 1.54) is 12.1 Å².